The molecule has 166 valence electrons. The van der Waals surface area contributed by atoms with Gasteiger partial charge < -0.3 is 25.0 Å². The van der Waals surface area contributed by atoms with E-state index in [1.54, 1.807) is 0 Å². The van der Waals surface area contributed by atoms with Crippen LogP contribution in [0.25, 0.3) is 11.3 Å². The normalized spacial score (nSPS) is 23.7. The van der Waals surface area contributed by atoms with Crippen LogP contribution in [0.2, 0.25) is 0 Å². The van der Waals surface area contributed by atoms with Crippen molar-refractivity contribution < 1.29 is 22.6 Å². The van der Waals surface area contributed by atoms with Crippen LogP contribution in [0.1, 0.15) is 19.3 Å². The van der Waals surface area contributed by atoms with Gasteiger partial charge in [-0.15, -0.1) is 0 Å². The zero-order valence-corrected chi connectivity index (χ0v) is 16.8. The van der Waals surface area contributed by atoms with E-state index in [4.69, 9.17) is 15.5 Å². The monoisotopic (exact) mass is 436 g/mol. The van der Waals surface area contributed by atoms with Crippen LogP contribution >= 0.6 is 0 Å². The average Bonchev–Trinajstić information content (AvgIpc) is 3.39. The second-order valence-corrected chi connectivity index (χ2v) is 8.06. The van der Waals surface area contributed by atoms with Gasteiger partial charge in [0.15, 0.2) is 11.6 Å². The number of nitrogen functional groups attached to an aromatic ring is 1. The Kier molecular flexibility index (Phi) is 5.20. The number of hydrogen-bond donors (Lipinski definition) is 1. The molecule has 0 saturated carbocycles. The molecule has 0 aliphatic carbocycles. The fourth-order valence-corrected chi connectivity index (χ4v) is 4.37. The van der Waals surface area contributed by atoms with Crippen LogP contribution in [0, 0.1) is 0 Å². The summed E-state index contributed by atoms with van der Waals surface area (Å²) in [6, 6.07) is 3.45. The summed E-state index contributed by atoms with van der Waals surface area (Å²) in [5.41, 5.74) is 6.67. The minimum absolute atomic E-state index is 0.127. The quantitative estimate of drug-likeness (QED) is 0.765. The third-order valence-corrected chi connectivity index (χ3v) is 6.00. The fourth-order valence-electron chi connectivity index (χ4n) is 4.37. The molecule has 2 atom stereocenters. The topological polar surface area (TPSA) is 89.6 Å². The van der Waals surface area contributed by atoms with E-state index in [-0.39, 0.29) is 23.7 Å². The van der Waals surface area contributed by atoms with Crippen molar-refractivity contribution in [2.24, 2.45) is 0 Å². The molecule has 0 aromatic carbocycles. The Labute approximate surface area is 177 Å². The fraction of sp³-hybridized carbons (Fsp3) is 0.550. The molecule has 2 unspecified atom stereocenters. The largest absolute Gasteiger partial charge is 0.431 e. The smallest absolute Gasteiger partial charge is 0.387 e. The van der Waals surface area contributed by atoms with E-state index < -0.39 is 12.8 Å². The van der Waals surface area contributed by atoms with Crippen LogP contribution in [-0.4, -0.2) is 66.1 Å². The summed E-state index contributed by atoms with van der Waals surface area (Å²) < 4.78 is 49.3. The minimum atomic E-state index is -3.02. The van der Waals surface area contributed by atoms with Crippen molar-refractivity contribution in [3.05, 3.63) is 18.3 Å². The number of hydrogen-bond acceptors (Lipinski definition) is 8. The molecule has 3 aliphatic heterocycles. The highest BCUT2D eigenvalue weighted by Gasteiger charge is 2.40. The van der Waals surface area contributed by atoms with Gasteiger partial charge in [-0.25, -0.2) is 14.4 Å². The summed E-state index contributed by atoms with van der Waals surface area (Å²) in [5.74, 6) is 0.876. The van der Waals surface area contributed by atoms with Crippen molar-refractivity contribution in [2.75, 3.05) is 41.8 Å². The van der Waals surface area contributed by atoms with Crippen LogP contribution in [0.3, 0.4) is 0 Å². The summed E-state index contributed by atoms with van der Waals surface area (Å²) in [5, 5.41) is 0. The third-order valence-electron chi connectivity index (χ3n) is 6.00. The lowest BCUT2D eigenvalue weighted by Gasteiger charge is -2.32. The van der Waals surface area contributed by atoms with E-state index in [0.29, 0.717) is 49.7 Å². The number of anilines is 3. The molecule has 0 amide bonds. The molecule has 2 N–H and O–H groups in total. The standard InChI is InChI=1S/C20H23F3N6O2/c21-12-1-3-28(4-2-12)20-26-15(11-5-16(31-19(22)23)18(24)25-8-11)7-17(27-20)29-9-14-6-13(29)10-30-14/h5,7-8,12-14,19H,1-4,6,9-10H2,(H2,24,25). The maximum absolute atomic E-state index is 13.6. The summed E-state index contributed by atoms with van der Waals surface area (Å²) in [6.45, 7) is -0.620. The van der Waals surface area contributed by atoms with Gasteiger partial charge in [-0.1, -0.05) is 0 Å². The summed E-state index contributed by atoms with van der Waals surface area (Å²) in [6.07, 6.45) is 2.61. The van der Waals surface area contributed by atoms with Gasteiger partial charge in [0.1, 0.15) is 12.0 Å². The highest BCUT2D eigenvalue weighted by molar-refractivity contribution is 5.68. The van der Waals surface area contributed by atoms with E-state index in [9.17, 15) is 13.2 Å². The summed E-state index contributed by atoms with van der Waals surface area (Å²) in [7, 11) is 0. The number of rotatable bonds is 5. The number of fused-ring (bicyclic) bond motifs is 2. The number of alkyl halides is 3. The maximum atomic E-state index is 13.6. The second kappa shape index (κ2) is 8.03. The SMILES string of the molecule is Nc1ncc(-c2cc(N3CC4CC3CO4)nc(N3CCC(F)CC3)n2)cc1OC(F)F. The zero-order valence-electron chi connectivity index (χ0n) is 16.8. The molecule has 5 heterocycles. The molecule has 31 heavy (non-hydrogen) atoms. The van der Waals surface area contributed by atoms with Gasteiger partial charge in [0, 0.05) is 37.5 Å². The predicted octanol–water partition coefficient (Wildman–Crippen LogP) is 2.64. The predicted molar refractivity (Wildman–Crippen MR) is 108 cm³/mol. The van der Waals surface area contributed by atoms with Crippen molar-refractivity contribution in [1.82, 2.24) is 15.0 Å². The molecule has 2 bridgehead atoms. The Hall–Kier alpha value is -2.82. The van der Waals surface area contributed by atoms with Gasteiger partial charge in [0.05, 0.1) is 24.4 Å². The first-order chi connectivity index (χ1) is 15.0. The van der Waals surface area contributed by atoms with Gasteiger partial charge >= 0.3 is 6.61 Å². The van der Waals surface area contributed by atoms with E-state index >= 15 is 0 Å². The molecule has 3 aliphatic rings. The van der Waals surface area contributed by atoms with Crippen LogP contribution in [0.4, 0.5) is 30.8 Å². The molecular weight excluding hydrogens is 413 g/mol. The van der Waals surface area contributed by atoms with E-state index in [1.165, 1.54) is 12.3 Å². The Morgan fingerprint density at radius 2 is 2.00 bits per heavy atom. The first kappa shape index (κ1) is 20.1. The number of nitrogens with zero attached hydrogens (tertiary/aromatic N) is 5. The summed E-state index contributed by atoms with van der Waals surface area (Å²) >= 11 is 0. The van der Waals surface area contributed by atoms with Gasteiger partial charge in [-0.05, 0) is 25.3 Å². The number of piperidine rings is 1. The summed E-state index contributed by atoms with van der Waals surface area (Å²) in [4.78, 5) is 17.5. The van der Waals surface area contributed by atoms with Crippen LogP contribution in [-0.2, 0) is 4.74 Å². The number of morpholine rings is 1. The molecule has 2 aromatic heterocycles. The lowest BCUT2D eigenvalue weighted by Crippen LogP contribution is -2.39. The molecule has 0 radical (unpaired) electrons. The number of nitrogens with two attached hydrogens (primary N) is 1. The van der Waals surface area contributed by atoms with Gasteiger partial charge in [-0.3, -0.25) is 0 Å². The molecule has 8 nitrogen and oxygen atoms in total. The van der Waals surface area contributed by atoms with Gasteiger partial charge in [0.2, 0.25) is 5.95 Å². The average molecular weight is 436 g/mol. The maximum Gasteiger partial charge on any atom is 0.387 e. The zero-order chi connectivity index (χ0) is 21.5. The Morgan fingerprint density at radius 1 is 1.19 bits per heavy atom. The molecule has 2 aromatic rings. The lowest BCUT2D eigenvalue weighted by molar-refractivity contribution is -0.0494. The molecule has 3 fully saturated rings. The van der Waals surface area contributed by atoms with Crippen molar-refractivity contribution in [3.8, 4) is 17.0 Å². The number of halogens is 3. The van der Waals surface area contributed by atoms with Crippen molar-refractivity contribution in [1.29, 1.82) is 0 Å². The number of pyridine rings is 1. The van der Waals surface area contributed by atoms with E-state index in [2.05, 4.69) is 19.6 Å². The van der Waals surface area contributed by atoms with E-state index in [1.807, 2.05) is 11.0 Å². The van der Waals surface area contributed by atoms with Crippen molar-refractivity contribution in [2.45, 2.75) is 44.2 Å². The first-order valence-corrected chi connectivity index (χ1v) is 10.3. The van der Waals surface area contributed by atoms with E-state index in [0.717, 1.165) is 18.8 Å². The second-order valence-electron chi connectivity index (χ2n) is 8.06. The Balaban J connectivity index is 1.53. The molecule has 3 saturated heterocycles. The molecule has 11 heteroatoms. The molecule has 5 rings (SSSR count). The highest BCUT2D eigenvalue weighted by Crippen LogP contribution is 2.35. The van der Waals surface area contributed by atoms with Crippen molar-refractivity contribution in [3.63, 3.8) is 0 Å². The number of ether oxygens (including phenoxy) is 2. The Bertz CT molecular complexity index is 957. The lowest BCUT2D eigenvalue weighted by atomic mass is 10.1. The van der Waals surface area contributed by atoms with Gasteiger partial charge in [0.25, 0.3) is 0 Å². The molecular formula is C20H23F3N6O2. The van der Waals surface area contributed by atoms with Crippen LogP contribution in [0.5, 0.6) is 5.75 Å². The minimum Gasteiger partial charge on any atom is -0.431 e. The first-order valence-electron chi connectivity index (χ1n) is 10.3. The van der Waals surface area contributed by atoms with Crippen molar-refractivity contribution >= 4 is 17.6 Å². The highest BCUT2D eigenvalue weighted by atomic mass is 19.3. The van der Waals surface area contributed by atoms with Crippen LogP contribution < -0.4 is 20.3 Å². The Morgan fingerprint density at radius 3 is 2.68 bits per heavy atom. The van der Waals surface area contributed by atoms with Gasteiger partial charge in [-0.2, -0.15) is 13.8 Å². The molecule has 0 spiro atoms. The van der Waals surface area contributed by atoms with Crippen LogP contribution in [0.15, 0.2) is 18.3 Å². The number of aromatic nitrogens is 3. The third kappa shape index (κ3) is 4.06.